The number of aromatic nitrogens is 1. The SMILES string of the molecule is CCNC(=NCCc1cccnc1)N(C)Cc1ccc(OC)cc1OC. The molecule has 26 heavy (non-hydrogen) atoms. The molecule has 0 unspecified atom stereocenters. The molecule has 0 saturated carbocycles. The minimum atomic E-state index is 0.686. The van der Waals surface area contributed by atoms with Crippen LogP contribution in [0, 0.1) is 0 Å². The van der Waals surface area contributed by atoms with E-state index in [0.29, 0.717) is 13.1 Å². The molecule has 1 heterocycles. The number of benzene rings is 1. The fraction of sp³-hybridized carbons (Fsp3) is 0.400. The summed E-state index contributed by atoms with van der Waals surface area (Å²) in [4.78, 5) is 11.0. The van der Waals surface area contributed by atoms with E-state index in [1.165, 1.54) is 5.56 Å². The van der Waals surface area contributed by atoms with Crippen LogP contribution in [-0.2, 0) is 13.0 Å². The summed E-state index contributed by atoms with van der Waals surface area (Å²) in [6, 6.07) is 9.88. The van der Waals surface area contributed by atoms with Gasteiger partial charge in [-0.05, 0) is 37.1 Å². The van der Waals surface area contributed by atoms with Crippen molar-refractivity contribution in [3.63, 3.8) is 0 Å². The van der Waals surface area contributed by atoms with Crippen LogP contribution in [0.25, 0.3) is 0 Å². The highest BCUT2D eigenvalue weighted by Gasteiger charge is 2.11. The van der Waals surface area contributed by atoms with Crippen molar-refractivity contribution in [1.82, 2.24) is 15.2 Å². The number of rotatable bonds is 8. The third-order valence-electron chi connectivity index (χ3n) is 3.98. The van der Waals surface area contributed by atoms with Gasteiger partial charge in [0.2, 0.25) is 0 Å². The predicted octanol–water partition coefficient (Wildman–Crippen LogP) is 2.74. The van der Waals surface area contributed by atoms with Gasteiger partial charge in [-0.1, -0.05) is 6.07 Å². The van der Waals surface area contributed by atoms with Crippen molar-refractivity contribution in [3.8, 4) is 11.5 Å². The van der Waals surface area contributed by atoms with Gasteiger partial charge in [0.15, 0.2) is 5.96 Å². The van der Waals surface area contributed by atoms with Gasteiger partial charge in [-0.2, -0.15) is 0 Å². The lowest BCUT2D eigenvalue weighted by Gasteiger charge is -2.23. The van der Waals surface area contributed by atoms with E-state index in [2.05, 4.69) is 28.2 Å². The molecule has 0 spiro atoms. The average Bonchev–Trinajstić information content (AvgIpc) is 2.68. The van der Waals surface area contributed by atoms with Gasteiger partial charge in [0.05, 0.1) is 14.2 Å². The normalized spacial score (nSPS) is 11.2. The quantitative estimate of drug-likeness (QED) is 0.582. The zero-order valence-corrected chi connectivity index (χ0v) is 16.0. The Hall–Kier alpha value is -2.76. The standard InChI is InChI=1S/C20H28N4O2/c1-5-22-20(23-12-10-16-7-6-11-21-14-16)24(2)15-17-8-9-18(25-3)13-19(17)26-4/h6-9,11,13-14H,5,10,12,15H2,1-4H3,(H,22,23). The van der Waals surface area contributed by atoms with Crippen molar-refractivity contribution in [2.24, 2.45) is 4.99 Å². The Morgan fingerprint density at radius 3 is 2.73 bits per heavy atom. The van der Waals surface area contributed by atoms with E-state index in [4.69, 9.17) is 14.5 Å². The lowest BCUT2D eigenvalue weighted by molar-refractivity contribution is 0.382. The Bertz CT molecular complexity index is 704. The van der Waals surface area contributed by atoms with E-state index in [1.54, 1.807) is 20.4 Å². The molecule has 1 aromatic carbocycles. The molecule has 0 saturated heterocycles. The molecule has 0 bridgehead atoms. The Morgan fingerprint density at radius 1 is 1.23 bits per heavy atom. The third kappa shape index (κ3) is 5.65. The second-order valence-corrected chi connectivity index (χ2v) is 5.88. The number of nitrogens with zero attached hydrogens (tertiary/aromatic N) is 3. The van der Waals surface area contributed by atoms with E-state index in [9.17, 15) is 0 Å². The number of nitrogens with one attached hydrogen (secondary N) is 1. The molecule has 6 heteroatoms. The van der Waals surface area contributed by atoms with Crippen LogP contribution in [0.1, 0.15) is 18.1 Å². The summed E-state index contributed by atoms with van der Waals surface area (Å²) in [5.41, 5.74) is 2.26. The van der Waals surface area contributed by atoms with Gasteiger partial charge < -0.3 is 19.7 Å². The molecule has 1 N–H and O–H groups in total. The second-order valence-electron chi connectivity index (χ2n) is 5.88. The minimum Gasteiger partial charge on any atom is -0.497 e. The van der Waals surface area contributed by atoms with Crippen LogP contribution in [-0.4, -0.2) is 50.2 Å². The largest absolute Gasteiger partial charge is 0.497 e. The molecule has 0 aliphatic carbocycles. The van der Waals surface area contributed by atoms with Crippen LogP contribution in [0.3, 0.4) is 0 Å². The molecule has 0 radical (unpaired) electrons. The van der Waals surface area contributed by atoms with Crippen LogP contribution < -0.4 is 14.8 Å². The van der Waals surface area contributed by atoms with Gasteiger partial charge in [-0.25, -0.2) is 0 Å². The van der Waals surface area contributed by atoms with E-state index in [0.717, 1.165) is 36.0 Å². The van der Waals surface area contributed by atoms with Gasteiger partial charge in [0.25, 0.3) is 0 Å². The second kappa shape index (κ2) is 10.3. The molecule has 140 valence electrons. The molecular formula is C20H28N4O2. The summed E-state index contributed by atoms with van der Waals surface area (Å²) in [5.74, 6) is 2.46. The first kappa shape index (κ1) is 19.6. The van der Waals surface area contributed by atoms with Gasteiger partial charge in [-0.15, -0.1) is 0 Å². The van der Waals surface area contributed by atoms with Crippen molar-refractivity contribution in [2.75, 3.05) is 34.4 Å². The number of hydrogen-bond acceptors (Lipinski definition) is 4. The van der Waals surface area contributed by atoms with Crippen LogP contribution in [0.2, 0.25) is 0 Å². The molecule has 0 amide bonds. The summed E-state index contributed by atoms with van der Waals surface area (Å²) >= 11 is 0. The summed E-state index contributed by atoms with van der Waals surface area (Å²) < 4.78 is 10.8. The average molecular weight is 356 g/mol. The molecule has 0 fully saturated rings. The van der Waals surface area contributed by atoms with E-state index in [1.807, 2.05) is 37.5 Å². The number of ether oxygens (including phenoxy) is 2. The van der Waals surface area contributed by atoms with Crippen LogP contribution in [0.15, 0.2) is 47.7 Å². The maximum absolute atomic E-state index is 5.49. The number of guanidine groups is 1. The van der Waals surface area contributed by atoms with Crippen LogP contribution >= 0.6 is 0 Å². The first-order valence-electron chi connectivity index (χ1n) is 8.77. The van der Waals surface area contributed by atoms with Gasteiger partial charge >= 0.3 is 0 Å². The Balaban J connectivity index is 2.05. The minimum absolute atomic E-state index is 0.686. The fourth-order valence-electron chi connectivity index (χ4n) is 2.62. The maximum atomic E-state index is 5.49. The zero-order valence-electron chi connectivity index (χ0n) is 16.0. The lowest BCUT2D eigenvalue weighted by Crippen LogP contribution is -2.38. The Kier molecular flexibility index (Phi) is 7.74. The third-order valence-corrected chi connectivity index (χ3v) is 3.98. The van der Waals surface area contributed by atoms with Crippen molar-refractivity contribution >= 4 is 5.96 Å². The Labute approximate surface area is 155 Å². The number of methoxy groups -OCH3 is 2. The van der Waals surface area contributed by atoms with Crippen molar-refractivity contribution in [1.29, 1.82) is 0 Å². The maximum Gasteiger partial charge on any atom is 0.193 e. The summed E-state index contributed by atoms with van der Waals surface area (Å²) in [6.07, 6.45) is 4.53. The monoisotopic (exact) mass is 356 g/mol. The van der Waals surface area contributed by atoms with Gasteiger partial charge in [-0.3, -0.25) is 9.98 Å². The molecule has 2 rings (SSSR count). The van der Waals surface area contributed by atoms with Crippen LogP contribution in [0.5, 0.6) is 11.5 Å². The fourth-order valence-corrected chi connectivity index (χ4v) is 2.62. The van der Waals surface area contributed by atoms with E-state index >= 15 is 0 Å². The lowest BCUT2D eigenvalue weighted by atomic mass is 10.2. The van der Waals surface area contributed by atoms with Gasteiger partial charge in [0, 0.05) is 50.7 Å². The molecule has 0 aliphatic rings. The molecular weight excluding hydrogens is 328 g/mol. The summed E-state index contributed by atoms with van der Waals surface area (Å²) in [5, 5.41) is 3.34. The zero-order chi connectivity index (χ0) is 18.8. The number of hydrogen-bond donors (Lipinski definition) is 1. The molecule has 0 aliphatic heterocycles. The van der Waals surface area contributed by atoms with Crippen LogP contribution in [0.4, 0.5) is 0 Å². The molecule has 0 atom stereocenters. The number of aliphatic imine (C=N–C) groups is 1. The number of pyridine rings is 1. The predicted molar refractivity (Wildman–Crippen MR) is 105 cm³/mol. The molecule has 2 aromatic rings. The van der Waals surface area contributed by atoms with Crippen molar-refractivity contribution in [3.05, 3.63) is 53.9 Å². The van der Waals surface area contributed by atoms with E-state index < -0.39 is 0 Å². The highest BCUT2D eigenvalue weighted by Crippen LogP contribution is 2.25. The van der Waals surface area contributed by atoms with E-state index in [-0.39, 0.29) is 0 Å². The highest BCUT2D eigenvalue weighted by atomic mass is 16.5. The summed E-state index contributed by atoms with van der Waals surface area (Å²) in [7, 11) is 5.35. The van der Waals surface area contributed by atoms with Gasteiger partial charge in [0.1, 0.15) is 11.5 Å². The van der Waals surface area contributed by atoms with Crippen molar-refractivity contribution < 1.29 is 9.47 Å². The Morgan fingerprint density at radius 2 is 2.08 bits per heavy atom. The molecule has 1 aromatic heterocycles. The highest BCUT2D eigenvalue weighted by molar-refractivity contribution is 5.79. The first-order valence-corrected chi connectivity index (χ1v) is 8.77. The van der Waals surface area contributed by atoms with Crippen molar-refractivity contribution in [2.45, 2.75) is 19.9 Å². The first-order chi connectivity index (χ1) is 12.7. The topological polar surface area (TPSA) is 59.0 Å². The smallest absolute Gasteiger partial charge is 0.193 e. The summed E-state index contributed by atoms with van der Waals surface area (Å²) in [6.45, 7) is 4.28. The molecule has 6 nitrogen and oxygen atoms in total.